The second-order valence-corrected chi connectivity index (χ2v) is 4.08. The standard InChI is InChI=1S/C13H9F2N3O3/c14-9-2-1-3-11(18(20)21)12(9)17-13(19)8-5-4-7(16)6-10(8)15/h1-6H,16H2,(H,17,19). The molecule has 21 heavy (non-hydrogen) atoms. The lowest BCUT2D eigenvalue weighted by Crippen LogP contribution is -2.16. The van der Waals surface area contributed by atoms with Crippen molar-refractivity contribution >= 4 is 23.0 Å². The Kier molecular flexibility index (Phi) is 3.79. The highest BCUT2D eigenvalue weighted by Crippen LogP contribution is 2.27. The number of nitro benzene ring substituents is 1. The quantitative estimate of drug-likeness (QED) is 0.516. The molecule has 3 N–H and O–H groups in total. The number of halogens is 2. The smallest absolute Gasteiger partial charge is 0.295 e. The number of carbonyl (C=O) groups is 1. The molecule has 0 aliphatic rings. The van der Waals surface area contributed by atoms with Crippen LogP contribution in [0.15, 0.2) is 36.4 Å². The zero-order valence-corrected chi connectivity index (χ0v) is 10.5. The van der Waals surface area contributed by atoms with Gasteiger partial charge in [0.1, 0.15) is 5.82 Å². The predicted molar refractivity (Wildman–Crippen MR) is 71.8 cm³/mol. The molecule has 8 heteroatoms. The molecule has 0 spiro atoms. The molecule has 0 saturated heterocycles. The molecule has 2 aromatic rings. The number of nitrogens with one attached hydrogen (secondary N) is 1. The molecule has 0 radical (unpaired) electrons. The lowest BCUT2D eigenvalue weighted by atomic mass is 10.1. The van der Waals surface area contributed by atoms with Crippen LogP contribution in [0.4, 0.5) is 25.8 Å². The molecule has 0 aromatic heterocycles. The van der Waals surface area contributed by atoms with Crippen molar-refractivity contribution in [2.24, 2.45) is 0 Å². The summed E-state index contributed by atoms with van der Waals surface area (Å²) in [5, 5.41) is 12.8. The van der Waals surface area contributed by atoms with Crippen LogP contribution in [0, 0.1) is 21.7 Å². The minimum atomic E-state index is -1.01. The number of rotatable bonds is 3. The molecule has 2 rings (SSSR count). The Labute approximate surface area is 117 Å². The van der Waals surface area contributed by atoms with Gasteiger partial charge in [-0.3, -0.25) is 14.9 Å². The molecule has 0 fully saturated rings. The lowest BCUT2D eigenvalue weighted by Gasteiger charge is -2.08. The maximum absolute atomic E-state index is 13.6. The van der Waals surface area contributed by atoms with E-state index in [0.29, 0.717) is 0 Å². The van der Waals surface area contributed by atoms with E-state index < -0.39 is 39.4 Å². The van der Waals surface area contributed by atoms with Crippen molar-refractivity contribution in [3.8, 4) is 0 Å². The largest absolute Gasteiger partial charge is 0.399 e. The van der Waals surface area contributed by atoms with Gasteiger partial charge in [-0.1, -0.05) is 6.07 Å². The van der Waals surface area contributed by atoms with Gasteiger partial charge in [-0.15, -0.1) is 0 Å². The monoisotopic (exact) mass is 293 g/mol. The molecular weight excluding hydrogens is 284 g/mol. The molecule has 6 nitrogen and oxygen atoms in total. The van der Waals surface area contributed by atoms with Gasteiger partial charge in [0.15, 0.2) is 11.5 Å². The van der Waals surface area contributed by atoms with Crippen LogP contribution in [-0.2, 0) is 0 Å². The molecule has 0 heterocycles. The van der Waals surface area contributed by atoms with Gasteiger partial charge >= 0.3 is 0 Å². The molecular formula is C13H9F2N3O3. The van der Waals surface area contributed by atoms with Crippen molar-refractivity contribution in [3.63, 3.8) is 0 Å². The van der Waals surface area contributed by atoms with E-state index in [1.165, 1.54) is 6.07 Å². The summed E-state index contributed by atoms with van der Waals surface area (Å²) in [5.41, 5.74) is 3.81. The Morgan fingerprint density at radius 1 is 1.19 bits per heavy atom. The lowest BCUT2D eigenvalue weighted by molar-refractivity contribution is -0.384. The number of carbonyl (C=O) groups excluding carboxylic acids is 1. The molecule has 1 amide bonds. The van der Waals surface area contributed by atoms with Crippen LogP contribution in [0.1, 0.15) is 10.4 Å². The fourth-order valence-electron chi connectivity index (χ4n) is 1.69. The summed E-state index contributed by atoms with van der Waals surface area (Å²) >= 11 is 0. The Morgan fingerprint density at radius 3 is 2.52 bits per heavy atom. The van der Waals surface area contributed by atoms with E-state index in [4.69, 9.17) is 5.73 Å². The Morgan fingerprint density at radius 2 is 1.90 bits per heavy atom. The fourth-order valence-corrected chi connectivity index (χ4v) is 1.69. The first-order valence-electron chi connectivity index (χ1n) is 5.69. The molecule has 0 unspecified atom stereocenters. The summed E-state index contributed by atoms with van der Waals surface area (Å²) in [7, 11) is 0. The highest BCUT2D eigenvalue weighted by molar-refractivity contribution is 6.05. The van der Waals surface area contributed by atoms with E-state index in [1.54, 1.807) is 0 Å². The van der Waals surface area contributed by atoms with E-state index in [9.17, 15) is 23.7 Å². The van der Waals surface area contributed by atoms with Crippen LogP contribution >= 0.6 is 0 Å². The third-order valence-corrected chi connectivity index (χ3v) is 2.66. The summed E-state index contributed by atoms with van der Waals surface area (Å²) in [5.74, 6) is -2.92. The molecule has 108 valence electrons. The van der Waals surface area contributed by atoms with E-state index in [-0.39, 0.29) is 5.69 Å². The summed E-state index contributed by atoms with van der Waals surface area (Å²) in [6.45, 7) is 0. The van der Waals surface area contributed by atoms with Crippen LogP contribution in [0.3, 0.4) is 0 Å². The number of nitro groups is 1. The molecule has 2 aromatic carbocycles. The van der Waals surface area contributed by atoms with Crippen LogP contribution in [0.2, 0.25) is 0 Å². The van der Waals surface area contributed by atoms with Gasteiger partial charge in [0.05, 0.1) is 10.5 Å². The van der Waals surface area contributed by atoms with Crippen molar-refractivity contribution in [2.45, 2.75) is 0 Å². The second kappa shape index (κ2) is 5.53. The maximum Gasteiger partial charge on any atom is 0.295 e. The van der Waals surface area contributed by atoms with Gasteiger partial charge in [-0.25, -0.2) is 8.78 Å². The van der Waals surface area contributed by atoms with Crippen LogP contribution in [0.5, 0.6) is 0 Å². The first-order chi connectivity index (χ1) is 9.90. The Bertz CT molecular complexity index is 735. The van der Waals surface area contributed by atoms with Gasteiger partial charge in [0, 0.05) is 11.8 Å². The SMILES string of the molecule is Nc1ccc(C(=O)Nc2c(F)cccc2[N+](=O)[O-])c(F)c1. The number of amides is 1. The second-order valence-electron chi connectivity index (χ2n) is 4.08. The van der Waals surface area contributed by atoms with E-state index in [1.807, 2.05) is 5.32 Å². The number of hydrogen-bond acceptors (Lipinski definition) is 4. The van der Waals surface area contributed by atoms with Crippen LogP contribution in [-0.4, -0.2) is 10.8 Å². The van der Waals surface area contributed by atoms with Crippen LogP contribution in [0.25, 0.3) is 0 Å². The van der Waals surface area contributed by atoms with Crippen molar-refractivity contribution < 1.29 is 18.5 Å². The fraction of sp³-hybridized carbons (Fsp3) is 0. The summed E-state index contributed by atoms with van der Waals surface area (Å²) in [6, 6.07) is 6.41. The van der Waals surface area contributed by atoms with E-state index in [0.717, 1.165) is 30.3 Å². The van der Waals surface area contributed by atoms with Crippen molar-refractivity contribution in [2.75, 3.05) is 11.1 Å². The summed E-state index contributed by atoms with van der Waals surface area (Å²) in [4.78, 5) is 21.8. The van der Waals surface area contributed by atoms with Crippen molar-refractivity contribution in [3.05, 3.63) is 63.7 Å². The van der Waals surface area contributed by atoms with Gasteiger partial charge in [0.2, 0.25) is 0 Å². The zero-order chi connectivity index (χ0) is 15.6. The summed E-state index contributed by atoms with van der Waals surface area (Å²) in [6.07, 6.45) is 0. The number of nitrogen functional groups attached to an aromatic ring is 1. The number of benzene rings is 2. The third-order valence-electron chi connectivity index (χ3n) is 2.66. The normalized spacial score (nSPS) is 10.2. The minimum absolute atomic E-state index is 0.112. The number of para-hydroxylation sites is 1. The van der Waals surface area contributed by atoms with Gasteiger partial charge in [-0.05, 0) is 24.3 Å². The number of anilines is 2. The third kappa shape index (κ3) is 2.94. The zero-order valence-electron chi connectivity index (χ0n) is 10.5. The topological polar surface area (TPSA) is 98.3 Å². The molecule has 0 aliphatic carbocycles. The van der Waals surface area contributed by atoms with Gasteiger partial charge in [0.25, 0.3) is 11.6 Å². The maximum atomic E-state index is 13.6. The van der Waals surface area contributed by atoms with Crippen molar-refractivity contribution in [1.82, 2.24) is 0 Å². The first-order valence-corrected chi connectivity index (χ1v) is 5.69. The predicted octanol–water partition coefficient (Wildman–Crippen LogP) is 2.71. The summed E-state index contributed by atoms with van der Waals surface area (Å²) < 4.78 is 27.2. The number of nitrogens with zero attached hydrogens (tertiary/aromatic N) is 1. The van der Waals surface area contributed by atoms with Gasteiger partial charge < -0.3 is 11.1 Å². The van der Waals surface area contributed by atoms with E-state index >= 15 is 0 Å². The highest BCUT2D eigenvalue weighted by atomic mass is 19.1. The molecule has 0 saturated carbocycles. The van der Waals surface area contributed by atoms with Gasteiger partial charge in [-0.2, -0.15) is 0 Å². The van der Waals surface area contributed by atoms with Crippen LogP contribution < -0.4 is 11.1 Å². The highest BCUT2D eigenvalue weighted by Gasteiger charge is 2.21. The average Bonchev–Trinajstić information content (AvgIpc) is 2.40. The molecule has 0 bridgehead atoms. The Hall–Kier alpha value is -3.03. The minimum Gasteiger partial charge on any atom is -0.399 e. The number of nitrogens with two attached hydrogens (primary N) is 1. The number of hydrogen-bond donors (Lipinski definition) is 2. The molecule has 0 atom stereocenters. The van der Waals surface area contributed by atoms with E-state index in [2.05, 4.69) is 0 Å². The first kappa shape index (κ1) is 14.4. The average molecular weight is 293 g/mol. The van der Waals surface area contributed by atoms with Crippen molar-refractivity contribution in [1.29, 1.82) is 0 Å². The molecule has 0 aliphatic heterocycles. The Balaban J connectivity index is 2.38.